The van der Waals surface area contributed by atoms with Gasteiger partial charge in [-0.1, -0.05) is 23.2 Å². The molecule has 0 atom stereocenters. The molecular weight excluding hydrogens is 373 g/mol. The molecule has 1 heterocycles. The van der Waals surface area contributed by atoms with Gasteiger partial charge in [0.15, 0.2) is 0 Å². The molecule has 1 amide bonds. The molecule has 0 saturated carbocycles. The molecule has 3 aromatic rings. The monoisotopic (exact) mass is 382 g/mol. The molecule has 1 N–H and O–H groups in total. The highest BCUT2D eigenvalue weighted by Crippen LogP contribution is 2.25. The molecule has 1 aromatic heterocycles. The molecule has 25 heavy (non-hydrogen) atoms. The first-order valence-electron chi connectivity index (χ1n) is 7.00. The van der Waals surface area contributed by atoms with Gasteiger partial charge in [0.25, 0.3) is 5.91 Å². The van der Waals surface area contributed by atoms with E-state index in [2.05, 4.69) is 15.4 Å². The third-order valence-corrected chi connectivity index (χ3v) is 3.84. The summed E-state index contributed by atoms with van der Waals surface area (Å²) in [6, 6.07) is 7.59. The Bertz CT molecular complexity index is 975. The van der Waals surface area contributed by atoms with Crippen LogP contribution in [0.15, 0.2) is 36.4 Å². The number of rotatable bonds is 3. The fourth-order valence-electron chi connectivity index (χ4n) is 2.13. The Balaban J connectivity index is 1.91. The topological polar surface area (TPSA) is 59.8 Å². The van der Waals surface area contributed by atoms with Crippen LogP contribution in [0.5, 0.6) is 0 Å². The number of benzene rings is 2. The molecule has 2 aromatic carbocycles. The minimum Gasteiger partial charge on any atom is -0.317 e. The number of anilines is 1. The van der Waals surface area contributed by atoms with Gasteiger partial charge in [0.05, 0.1) is 16.4 Å². The maximum atomic E-state index is 13.6. The molecule has 0 aliphatic rings. The minimum absolute atomic E-state index is 0.179. The van der Waals surface area contributed by atoms with Crippen molar-refractivity contribution >= 4 is 34.8 Å². The summed E-state index contributed by atoms with van der Waals surface area (Å²) in [5.41, 5.74) is 0.271. The number of halogens is 4. The van der Waals surface area contributed by atoms with Gasteiger partial charge in [0.2, 0.25) is 5.82 Å². The molecule has 0 bridgehead atoms. The van der Waals surface area contributed by atoms with Crippen molar-refractivity contribution in [2.45, 2.75) is 6.92 Å². The van der Waals surface area contributed by atoms with E-state index < -0.39 is 17.5 Å². The average molecular weight is 383 g/mol. The van der Waals surface area contributed by atoms with Crippen LogP contribution >= 0.6 is 23.2 Å². The molecule has 0 spiro atoms. The Labute approximate surface area is 151 Å². The van der Waals surface area contributed by atoms with E-state index in [0.717, 1.165) is 12.1 Å². The first-order valence-corrected chi connectivity index (χ1v) is 7.76. The van der Waals surface area contributed by atoms with Gasteiger partial charge in [-0.3, -0.25) is 4.79 Å². The lowest BCUT2D eigenvalue weighted by molar-refractivity contribution is 0.101. The zero-order valence-corrected chi connectivity index (χ0v) is 14.2. The van der Waals surface area contributed by atoms with Gasteiger partial charge in [-0.05, 0) is 37.3 Å². The number of hydrogen-bond acceptors (Lipinski definition) is 3. The Hall–Kier alpha value is -2.51. The van der Waals surface area contributed by atoms with E-state index in [1.807, 2.05) is 0 Å². The summed E-state index contributed by atoms with van der Waals surface area (Å²) in [5, 5.41) is 7.18. The van der Waals surface area contributed by atoms with E-state index in [0.29, 0.717) is 27.6 Å². The van der Waals surface area contributed by atoms with Crippen molar-refractivity contribution in [1.29, 1.82) is 0 Å². The molecule has 9 heteroatoms. The second kappa shape index (κ2) is 6.78. The van der Waals surface area contributed by atoms with Gasteiger partial charge < -0.3 is 5.32 Å². The fourth-order valence-corrected chi connectivity index (χ4v) is 2.50. The molecule has 0 fully saturated rings. The zero-order chi connectivity index (χ0) is 18.1. The molecule has 3 rings (SSSR count). The summed E-state index contributed by atoms with van der Waals surface area (Å²) < 4.78 is 27.9. The summed E-state index contributed by atoms with van der Waals surface area (Å²) >= 11 is 12.1. The van der Waals surface area contributed by atoms with Gasteiger partial charge in [-0.25, -0.2) is 18.4 Å². The van der Waals surface area contributed by atoms with Crippen LogP contribution in [0, 0.1) is 18.6 Å². The van der Waals surface area contributed by atoms with Crippen LogP contribution in [0.4, 0.5) is 14.5 Å². The quantitative estimate of drug-likeness (QED) is 0.729. The normalized spacial score (nSPS) is 10.8. The number of aromatic nitrogens is 3. The first-order chi connectivity index (χ1) is 11.8. The summed E-state index contributed by atoms with van der Waals surface area (Å²) in [6.45, 7) is 1.62. The van der Waals surface area contributed by atoms with Gasteiger partial charge in [-0.15, -0.1) is 5.10 Å². The Morgan fingerprint density at radius 1 is 1.16 bits per heavy atom. The number of carbonyl (C=O) groups is 1. The van der Waals surface area contributed by atoms with E-state index in [4.69, 9.17) is 23.2 Å². The Morgan fingerprint density at radius 2 is 1.92 bits per heavy atom. The predicted molar refractivity (Wildman–Crippen MR) is 90.4 cm³/mol. The summed E-state index contributed by atoms with van der Waals surface area (Å²) in [6.07, 6.45) is 0. The molecule has 0 unspecified atom stereocenters. The SMILES string of the molecule is Cc1nc(C(=O)Nc2ccc(F)cc2F)nn1-c1cc(Cl)ccc1Cl. The maximum absolute atomic E-state index is 13.6. The molecule has 0 radical (unpaired) electrons. The molecular formula is C16H10Cl2F2N4O. The third kappa shape index (κ3) is 3.62. The van der Waals surface area contributed by atoms with Crippen LogP contribution in [-0.2, 0) is 0 Å². The van der Waals surface area contributed by atoms with Crippen LogP contribution in [-0.4, -0.2) is 20.7 Å². The average Bonchev–Trinajstić information content (AvgIpc) is 2.94. The number of nitrogens with one attached hydrogen (secondary N) is 1. The predicted octanol–water partition coefficient (Wildman–Crippen LogP) is 4.41. The van der Waals surface area contributed by atoms with Crippen LogP contribution < -0.4 is 5.32 Å². The second-order valence-corrected chi connectivity index (χ2v) is 5.91. The van der Waals surface area contributed by atoms with Crippen molar-refractivity contribution in [3.05, 3.63) is 69.7 Å². The number of nitrogens with zero attached hydrogens (tertiary/aromatic N) is 3. The molecule has 0 aliphatic carbocycles. The van der Waals surface area contributed by atoms with E-state index in [9.17, 15) is 13.6 Å². The van der Waals surface area contributed by atoms with Crippen LogP contribution in [0.25, 0.3) is 5.69 Å². The number of hydrogen-bond donors (Lipinski definition) is 1. The molecule has 0 saturated heterocycles. The van der Waals surface area contributed by atoms with E-state index in [-0.39, 0.29) is 11.5 Å². The highest BCUT2D eigenvalue weighted by molar-refractivity contribution is 6.34. The lowest BCUT2D eigenvalue weighted by Crippen LogP contribution is -2.15. The maximum Gasteiger partial charge on any atom is 0.295 e. The van der Waals surface area contributed by atoms with Gasteiger partial charge in [0.1, 0.15) is 17.5 Å². The minimum atomic E-state index is -0.901. The fraction of sp³-hybridized carbons (Fsp3) is 0.0625. The largest absolute Gasteiger partial charge is 0.317 e. The number of aryl methyl sites for hydroxylation is 1. The smallest absolute Gasteiger partial charge is 0.295 e. The van der Waals surface area contributed by atoms with Crippen molar-refractivity contribution in [1.82, 2.24) is 14.8 Å². The number of carbonyl (C=O) groups excluding carboxylic acids is 1. The zero-order valence-electron chi connectivity index (χ0n) is 12.7. The van der Waals surface area contributed by atoms with Crippen molar-refractivity contribution in [2.24, 2.45) is 0 Å². The lowest BCUT2D eigenvalue weighted by Gasteiger charge is -2.06. The van der Waals surface area contributed by atoms with Gasteiger partial charge >= 0.3 is 0 Å². The summed E-state index contributed by atoms with van der Waals surface area (Å²) in [7, 11) is 0. The van der Waals surface area contributed by atoms with Crippen LogP contribution in [0.2, 0.25) is 10.0 Å². The molecule has 128 valence electrons. The van der Waals surface area contributed by atoms with Crippen LogP contribution in [0.3, 0.4) is 0 Å². The van der Waals surface area contributed by atoms with Crippen LogP contribution in [0.1, 0.15) is 16.4 Å². The second-order valence-electron chi connectivity index (χ2n) is 5.07. The Kier molecular flexibility index (Phi) is 4.69. The number of amides is 1. The van der Waals surface area contributed by atoms with E-state index >= 15 is 0 Å². The van der Waals surface area contributed by atoms with Gasteiger partial charge in [0, 0.05) is 11.1 Å². The highest BCUT2D eigenvalue weighted by Gasteiger charge is 2.18. The van der Waals surface area contributed by atoms with E-state index in [1.165, 1.54) is 4.68 Å². The highest BCUT2D eigenvalue weighted by atomic mass is 35.5. The van der Waals surface area contributed by atoms with E-state index in [1.54, 1.807) is 25.1 Å². The lowest BCUT2D eigenvalue weighted by atomic mass is 10.3. The van der Waals surface area contributed by atoms with Crippen molar-refractivity contribution in [3.8, 4) is 5.69 Å². The summed E-state index contributed by atoms with van der Waals surface area (Å²) in [4.78, 5) is 16.3. The van der Waals surface area contributed by atoms with Crippen molar-refractivity contribution in [3.63, 3.8) is 0 Å². The van der Waals surface area contributed by atoms with Gasteiger partial charge in [-0.2, -0.15) is 0 Å². The molecule has 5 nitrogen and oxygen atoms in total. The Morgan fingerprint density at radius 3 is 2.64 bits per heavy atom. The summed E-state index contributed by atoms with van der Waals surface area (Å²) in [5.74, 6) is -2.21. The molecule has 0 aliphatic heterocycles. The van der Waals surface area contributed by atoms with Crippen molar-refractivity contribution < 1.29 is 13.6 Å². The standard InChI is InChI=1S/C16H10Cl2F2N4O/c1-8-21-15(16(25)22-13-5-3-10(19)7-12(13)20)23-24(8)14-6-9(17)2-4-11(14)18/h2-7H,1H3,(H,22,25). The first kappa shape index (κ1) is 17.3. The third-order valence-electron chi connectivity index (χ3n) is 3.29. The van der Waals surface area contributed by atoms with Crippen molar-refractivity contribution in [2.75, 3.05) is 5.32 Å².